The molecular weight excluding hydrogens is 421 g/mol. The molecule has 0 bridgehead atoms. The second kappa shape index (κ2) is 9.61. The summed E-state index contributed by atoms with van der Waals surface area (Å²) in [5.41, 5.74) is 2.24. The number of nitrogens with one attached hydrogen (secondary N) is 1. The van der Waals surface area contributed by atoms with E-state index in [2.05, 4.69) is 5.32 Å². The van der Waals surface area contributed by atoms with Gasteiger partial charge in [0.15, 0.2) is 11.5 Å². The largest absolute Gasteiger partial charge is 0.494 e. The van der Waals surface area contributed by atoms with Gasteiger partial charge in [-0.2, -0.15) is 0 Å². The van der Waals surface area contributed by atoms with Crippen LogP contribution in [0.15, 0.2) is 72.8 Å². The molecule has 1 N–H and O–H groups in total. The topological polar surface area (TPSA) is 56.8 Å². The van der Waals surface area contributed by atoms with Crippen molar-refractivity contribution in [1.29, 1.82) is 0 Å². The Balaban J connectivity index is 1.86. The van der Waals surface area contributed by atoms with E-state index >= 15 is 0 Å². The van der Waals surface area contributed by atoms with Gasteiger partial charge in [-0.3, -0.25) is 4.79 Å². The Labute approximate surface area is 191 Å². The summed E-state index contributed by atoms with van der Waals surface area (Å²) in [4.78, 5) is 13.1. The third-order valence-corrected chi connectivity index (χ3v) is 5.32. The standard InChI is InChI=1S/C27H24FNO4/c1-4-33-20-11-9-17(10-12-20)21-14-19(27(30)29-24-8-6-5-7-23(24)28)13-18-15-25(31-2)26(32-3)16-22(18)21/h5-16H,4H2,1-3H3,(H,29,30). The quantitative estimate of drug-likeness (QED) is 0.362. The molecule has 0 unspecified atom stereocenters. The van der Waals surface area contributed by atoms with Gasteiger partial charge in [-0.1, -0.05) is 24.3 Å². The minimum absolute atomic E-state index is 0.123. The van der Waals surface area contributed by atoms with Crippen LogP contribution in [0.2, 0.25) is 0 Å². The monoisotopic (exact) mass is 445 g/mol. The predicted octanol–water partition coefficient (Wildman–Crippen LogP) is 6.31. The van der Waals surface area contributed by atoms with Crippen LogP contribution in [0.1, 0.15) is 17.3 Å². The first-order valence-corrected chi connectivity index (χ1v) is 10.5. The SMILES string of the molecule is CCOc1ccc(-c2cc(C(=O)Nc3ccccc3F)cc3cc(OC)c(OC)cc23)cc1. The van der Waals surface area contributed by atoms with E-state index in [1.165, 1.54) is 12.1 Å². The number of methoxy groups -OCH3 is 2. The van der Waals surface area contributed by atoms with Gasteiger partial charge in [0.25, 0.3) is 5.91 Å². The molecule has 0 fully saturated rings. The fourth-order valence-electron chi connectivity index (χ4n) is 3.71. The van der Waals surface area contributed by atoms with Crippen LogP contribution in [-0.2, 0) is 0 Å². The fraction of sp³-hybridized carbons (Fsp3) is 0.148. The minimum atomic E-state index is -0.496. The number of ether oxygens (including phenoxy) is 3. The maximum atomic E-state index is 14.1. The molecule has 0 aromatic heterocycles. The van der Waals surface area contributed by atoms with Gasteiger partial charge in [0.05, 0.1) is 26.5 Å². The van der Waals surface area contributed by atoms with Gasteiger partial charge in [0.2, 0.25) is 0 Å². The van der Waals surface area contributed by atoms with Crippen LogP contribution in [0, 0.1) is 5.82 Å². The number of hydrogen-bond donors (Lipinski definition) is 1. The van der Waals surface area contributed by atoms with Gasteiger partial charge in [-0.05, 0) is 77.4 Å². The number of anilines is 1. The van der Waals surface area contributed by atoms with Gasteiger partial charge in [-0.25, -0.2) is 4.39 Å². The zero-order valence-electron chi connectivity index (χ0n) is 18.6. The van der Waals surface area contributed by atoms with Crippen molar-refractivity contribution in [2.75, 3.05) is 26.1 Å². The van der Waals surface area contributed by atoms with Crippen LogP contribution in [0.25, 0.3) is 21.9 Å². The molecule has 0 radical (unpaired) electrons. The number of fused-ring (bicyclic) bond motifs is 1. The zero-order chi connectivity index (χ0) is 23.4. The molecule has 0 aliphatic carbocycles. The Morgan fingerprint density at radius 1 is 0.909 bits per heavy atom. The van der Waals surface area contributed by atoms with Gasteiger partial charge in [0.1, 0.15) is 11.6 Å². The van der Waals surface area contributed by atoms with Gasteiger partial charge in [0, 0.05) is 5.56 Å². The third kappa shape index (κ3) is 4.60. The molecule has 0 aliphatic heterocycles. The molecule has 4 aromatic rings. The Kier molecular flexibility index (Phi) is 6.45. The van der Waals surface area contributed by atoms with E-state index < -0.39 is 11.7 Å². The first kappa shape index (κ1) is 22.1. The number of carbonyl (C=O) groups is 1. The summed E-state index contributed by atoms with van der Waals surface area (Å²) in [6.07, 6.45) is 0. The van der Waals surface area contributed by atoms with Crippen LogP contribution in [0.4, 0.5) is 10.1 Å². The van der Waals surface area contributed by atoms with Crippen LogP contribution in [-0.4, -0.2) is 26.7 Å². The molecule has 0 atom stereocenters. The molecule has 0 spiro atoms. The zero-order valence-corrected chi connectivity index (χ0v) is 18.6. The molecular formula is C27H24FNO4. The van der Waals surface area contributed by atoms with Gasteiger partial charge < -0.3 is 19.5 Å². The predicted molar refractivity (Wildman–Crippen MR) is 128 cm³/mol. The van der Waals surface area contributed by atoms with E-state index in [0.29, 0.717) is 23.7 Å². The van der Waals surface area contributed by atoms with Crippen molar-refractivity contribution >= 4 is 22.4 Å². The van der Waals surface area contributed by atoms with Crippen molar-refractivity contribution in [2.45, 2.75) is 6.92 Å². The summed E-state index contributed by atoms with van der Waals surface area (Å²) in [7, 11) is 3.14. The maximum Gasteiger partial charge on any atom is 0.255 e. The number of rotatable bonds is 7. The molecule has 168 valence electrons. The first-order chi connectivity index (χ1) is 16.0. The summed E-state index contributed by atoms with van der Waals surface area (Å²) >= 11 is 0. The van der Waals surface area contributed by atoms with Crippen molar-refractivity contribution in [3.05, 3.63) is 84.2 Å². The van der Waals surface area contributed by atoms with Crippen molar-refractivity contribution in [2.24, 2.45) is 0 Å². The van der Waals surface area contributed by atoms with Crippen LogP contribution >= 0.6 is 0 Å². The lowest BCUT2D eigenvalue weighted by Gasteiger charge is -2.15. The van der Waals surface area contributed by atoms with Crippen LogP contribution in [0.3, 0.4) is 0 Å². The van der Waals surface area contributed by atoms with Crippen LogP contribution in [0.5, 0.6) is 17.2 Å². The number of amides is 1. The molecule has 33 heavy (non-hydrogen) atoms. The van der Waals surface area contributed by atoms with Crippen molar-refractivity contribution in [1.82, 2.24) is 0 Å². The average Bonchev–Trinajstić information content (AvgIpc) is 2.84. The highest BCUT2D eigenvalue weighted by atomic mass is 19.1. The van der Waals surface area contributed by atoms with Crippen molar-refractivity contribution < 1.29 is 23.4 Å². The van der Waals surface area contributed by atoms with E-state index in [1.807, 2.05) is 43.3 Å². The summed E-state index contributed by atoms with van der Waals surface area (Å²) in [5, 5.41) is 4.33. The smallest absolute Gasteiger partial charge is 0.255 e. The highest BCUT2D eigenvalue weighted by Gasteiger charge is 2.16. The number of carbonyl (C=O) groups excluding carboxylic acids is 1. The fourth-order valence-corrected chi connectivity index (χ4v) is 3.71. The molecule has 0 saturated carbocycles. The van der Waals surface area contributed by atoms with E-state index in [-0.39, 0.29) is 5.69 Å². The highest BCUT2D eigenvalue weighted by Crippen LogP contribution is 2.38. The summed E-state index contributed by atoms with van der Waals surface area (Å²) in [6, 6.07) is 21.0. The molecule has 5 nitrogen and oxygen atoms in total. The molecule has 4 rings (SSSR count). The maximum absolute atomic E-state index is 14.1. The normalized spacial score (nSPS) is 10.7. The first-order valence-electron chi connectivity index (χ1n) is 10.5. The summed E-state index contributed by atoms with van der Waals surface area (Å²) in [5.74, 6) is 0.988. The lowest BCUT2D eigenvalue weighted by Crippen LogP contribution is -2.13. The minimum Gasteiger partial charge on any atom is -0.494 e. The van der Waals surface area contributed by atoms with Gasteiger partial charge in [-0.15, -0.1) is 0 Å². The molecule has 6 heteroatoms. The number of halogens is 1. The van der Waals surface area contributed by atoms with E-state index in [0.717, 1.165) is 27.6 Å². The number of para-hydroxylation sites is 1. The molecule has 0 heterocycles. The van der Waals surface area contributed by atoms with Crippen LogP contribution < -0.4 is 19.5 Å². The molecule has 1 amide bonds. The summed E-state index contributed by atoms with van der Waals surface area (Å²) < 4.78 is 30.6. The van der Waals surface area contributed by atoms with Crippen molar-refractivity contribution in [3.8, 4) is 28.4 Å². The molecule has 4 aromatic carbocycles. The molecule has 0 aliphatic rings. The van der Waals surface area contributed by atoms with E-state index in [9.17, 15) is 9.18 Å². The van der Waals surface area contributed by atoms with E-state index in [4.69, 9.17) is 14.2 Å². The average molecular weight is 445 g/mol. The Morgan fingerprint density at radius 2 is 1.61 bits per heavy atom. The highest BCUT2D eigenvalue weighted by molar-refractivity contribution is 6.10. The van der Waals surface area contributed by atoms with E-state index in [1.54, 1.807) is 38.5 Å². The Bertz CT molecular complexity index is 1300. The lowest BCUT2D eigenvalue weighted by molar-refractivity contribution is 0.102. The summed E-state index contributed by atoms with van der Waals surface area (Å²) in [6.45, 7) is 2.50. The van der Waals surface area contributed by atoms with Crippen molar-refractivity contribution in [3.63, 3.8) is 0 Å². The number of hydrogen-bond acceptors (Lipinski definition) is 4. The Hall–Kier alpha value is -4.06. The van der Waals surface area contributed by atoms with Gasteiger partial charge >= 0.3 is 0 Å². The second-order valence-corrected chi connectivity index (χ2v) is 7.34. The third-order valence-electron chi connectivity index (χ3n) is 5.32. The lowest BCUT2D eigenvalue weighted by atomic mass is 9.94. The Morgan fingerprint density at radius 3 is 2.27 bits per heavy atom. The number of benzene rings is 4. The second-order valence-electron chi connectivity index (χ2n) is 7.34. The molecule has 0 saturated heterocycles.